The first-order valence-electron chi connectivity index (χ1n) is 3.84. The van der Waals surface area contributed by atoms with Gasteiger partial charge in [-0.15, -0.1) is 0 Å². The molecule has 2 nitrogen and oxygen atoms in total. The second-order valence-corrected chi connectivity index (χ2v) is 1.79. The minimum absolute atomic E-state index is 0.197. The van der Waals surface area contributed by atoms with E-state index >= 15 is 0 Å². The van der Waals surface area contributed by atoms with Crippen molar-refractivity contribution in [1.82, 2.24) is 10.2 Å². The second-order valence-electron chi connectivity index (χ2n) is 1.79. The molecule has 1 unspecified atom stereocenters. The minimum atomic E-state index is 0.197. The molecule has 0 saturated heterocycles. The Morgan fingerprint density at radius 3 is 2.45 bits per heavy atom. The second kappa shape index (κ2) is 5.59. The average Bonchev–Trinajstić information content (AvgIpc) is 2.54. The number of nitrogens with one attached hydrogen (secondary N) is 1. The van der Waals surface area contributed by atoms with E-state index in [0.29, 0.717) is 0 Å². The monoisotopic (exact) mass is 152 g/mol. The predicted molar refractivity (Wildman–Crippen MR) is 49.6 cm³/mol. The topological polar surface area (TPSA) is 15.3 Å². The van der Waals surface area contributed by atoms with Gasteiger partial charge in [-0.05, 0) is 12.3 Å². The van der Waals surface area contributed by atoms with Gasteiger partial charge in [0.05, 0.1) is 0 Å². The van der Waals surface area contributed by atoms with Crippen LogP contribution in [-0.2, 0) is 0 Å². The summed E-state index contributed by atoms with van der Waals surface area (Å²) in [5, 5.41) is 3.06. The predicted octanol–water partition coefficient (Wildman–Crippen LogP) is 2.04. The summed E-state index contributed by atoms with van der Waals surface area (Å²) in [6.07, 6.45) is 7.56. The SMILES string of the molecule is C=CC1NC=CN1C=C.CC. The van der Waals surface area contributed by atoms with Gasteiger partial charge >= 0.3 is 0 Å². The molecule has 1 heterocycles. The lowest BCUT2D eigenvalue weighted by atomic mass is 10.4. The van der Waals surface area contributed by atoms with E-state index in [-0.39, 0.29) is 6.17 Å². The zero-order valence-corrected chi connectivity index (χ0v) is 7.25. The maximum absolute atomic E-state index is 3.65. The molecule has 0 aromatic rings. The first kappa shape index (κ1) is 9.82. The molecule has 0 radical (unpaired) electrons. The fourth-order valence-electron chi connectivity index (χ4n) is 0.771. The van der Waals surface area contributed by atoms with Gasteiger partial charge in [0.1, 0.15) is 6.17 Å². The highest BCUT2D eigenvalue weighted by Gasteiger charge is 2.09. The maximum Gasteiger partial charge on any atom is 0.121 e. The standard InChI is InChI=1S/C7H10N2.C2H6/c1-3-7-8-5-6-9(7)4-2;1-2/h3-8H,1-2H2;1-2H3. The van der Waals surface area contributed by atoms with E-state index in [1.807, 2.05) is 37.2 Å². The summed E-state index contributed by atoms with van der Waals surface area (Å²) in [5.74, 6) is 0. The van der Waals surface area contributed by atoms with Crippen molar-refractivity contribution in [3.63, 3.8) is 0 Å². The highest BCUT2D eigenvalue weighted by atomic mass is 15.3. The van der Waals surface area contributed by atoms with Crippen LogP contribution in [0.25, 0.3) is 0 Å². The largest absolute Gasteiger partial charge is 0.366 e. The van der Waals surface area contributed by atoms with Crippen LogP contribution in [0.1, 0.15) is 13.8 Å². The van der Waals surface area contributed by atoms with Gasteiger partial charge in [0.2, 0.25) is 0 Å². The van der Waals surface area contributed by atoms with Crippen molar-refractivity contribution in [1.29, 1.82) is 0 Å². The van der Waals surface area contributed by atoms with E-state index in [2.05, 4.69) is 18.5 Å². The lowest BCUT2D eigenvalue weighted by Gasteiger charge is -2.16. The molecule has 0 fully saturated rings. The third-order valence-corrected chi connectivity index (χ3v) is 1.27. The van der Waals surface area contributed by atoms with E-state index in [0.717, 1.165) is 0 Å². The summed E-state index contributed by atoms with van der Waals surface area (Å²) < 4.78 is 0. The van der Waals surface area contributed by atoms with Crippen molar-refractivity contribution in [3.05, 3.63) is 37.8 Å². The van der Waals surface area contributed by atoms with E-state index < -0.39 is 0 Å². The van der Waals surface area contributed by atoms with Crippen LogP contribution in [0.5, 0.6) is 0 Å². The first-order chi connectivity index (χ1) is 5.38. The Hall–Kier alpha value is -1.18. The zero-order chi connectivity index (χ0) is 8.69. The third kappa shape index (κ3) is 2.50. The van der Waals surface area contributed by atoms with Gasteiger partial charge in [-0.3, -0.25) is 0 Å². The Kier molecular flexibility index (Phi) is 4.99. The maximum atomic E-state index is 3.65. The molecule has 1 aliphatic rings. The molecule has 2 heteroatoms. The van der Waals surface area contributed by atoms with Gasteiger partial charge in [0.15, 0.2) is 0 Å². The third-order valence-electron chi connectivity index (χ3n) is 1.27. The molecule has 0 bridgehead atoms. The fourth-order valence-corrected chi connectivity index (χ4v) is 0.771. The zero-order valence-electron chi connectivity index (χ0n) is 7.25. The summed E-state index contributed by atoms with van der Waals surface area (Å²) in [5.41, 5.74) is 0. The molecule has 1 rings (SSSR count). The number of nitrogens with zero attached hydrogens (tertiary/aromatic N) is 1. The summed E-state index contributed by atoms with van der Waals surface area (Å²) >= 11 is 0. The van der Waals surface area contributed by atoms with Gasteiger partial charge in [0.25, 0.3) is 0 Å². The van der Waals surface area contributed by atoms with E-state index in [4.69, 9.17) is 0 Å². The molecule has 62 valence electrons. The molecule has 1 N–H and O–H groups in total. The summed E-state index contributed by atoms with van der Waals surface area (Å²) in [4.78, 5) is 1.94. The Labute approximate surface area is 68.9 Å². The Morgan fingerprint density at radius 2 is 2.09 bits per heavy atom. The molecule has 0 aromatic heterocycles. The molecule has 0 spiro atoms. The van der Waals surface area contributed by atoms with Crippen LogP contribution in [0.4, 0.5) is 0 Å². The molecular weight excluding hydrogens is 136 g/mol. The highest BCUT2D eigenvalue weighted by molar-refractivity contribution is 5.04. The minimum Gasteiger partial charge on any atom is -0.366 e. The molecule has 1 aliphatic heterocycles. The lowest BCUT2D eigenvalue weighted by molar-refractivity contribution is 0.433. The molecule has 0 amide bonds. The van der Waals surface area contributed by atoms with Crippen molar-refractivity contribution in [2.45, 2.75) is 20.0 Å². The molecule has 0 saturated carbocycles. The van der Waals surface area contributed by atoms with Crippen LogP contribution >= 0.6 is 0 Å². The van der Waals surface area contributed by atoms with Crippen molar-refractivity contribution in [3.8, 4) is 0 Å². The summed E-state index contributed by atoms with van der Waals surface area (Å²) in [6, 6.07) is 0. The van der Waals surface area contributed by atoms with Crippen molar-refractivity contribution in [2.75, 3.05) is 0 Å². The number of rotatable bonds is 2. The fraction of sp³-hybridized carbons (Fsp3) is 0.333. The molecule has 0 aromatic carbocycles. The van der Waals surface area contributed by atoms with Crippen LogP contribution in [0.2, 0.25) is 0 Å². The van der Waals surface area contributed by atoms with Gasteiger partial charge in [0, 0.05) is 12.4 Å². The molecule has 11 heavy (non-hydrogen) atoms. The van der Waals surface area contributed by atoms with Crippen molar-refractivity contribution in [2.24, 2.45) is 0 Å². The van der Waals surface area contributed by atoms with Gasteiger partial charge < -0.3 is 10.2 Å². The lowest BCUT2D eigenvalue weighted by Crippen LogP contribution is -2.28. The Bertz CT molecular complexity index is 150. The van der Waals surface area contributed by atoms with Gasteiger partial charge in [-0.1, -0.05) is 27.0 Å². The molecule has 1 atom stereocenters. The number of hydrogen-bond acceptors (Lipinski definition) is 2. The van der Waals surface area contributed by atoms with Crippen molar-refractivity contribution >= 4 is 0 Å². The average molecular weight is 152 g/mol. The first-order valence-corrected chi connectivity index (χ1v) is 3.84. The van der Waals surface area contributed by atoms with Crippen LogP contribution in [0, 0.1) is 0 Å². The van der Waals surface area contributed by atoms with Crippen molar-refractivity contribution < 1.29 is 0 Å². The molecular formula is C9H16N2. The van der Waals surface area contributed by atoms with E-state index in [1.165, 1.54) is 0 Å². The summed E-state index contributed by atoms with van der Waals surface area (Å²) in [7, 11) is 0. The van der Waals surface area contributed by atoms with E-state index in [9.17, 15) is 0 Å². The van der Waals surface area contributed by atoms with Crippen LogP contribution in [-0.4, -0.2) is 11.1 Å². The van der Waals surface area contributed by atoms with Crippen LogP contribution in [0.3, 0.4) is 0 Å². The van der Waals surface area contributed by atoms with E-state index in [1.54, 1.807) is 6.20 Å². The number of hydrogen-bond donors (Lipinski definition) is 1. The van der Waals surface area contributed by atoms with Crippen LogP contribution < -0.4 is 5.32 Å². The summed E-state index contributed by atoms with van der Waals surface area (Å²) in [6.45, 7) is 11.3. The Balaban J connectivity index is 0.000000461. The quantitative estimate of drug-likeness (QED) is 0.609. The highest BCUT2D eigenvalue weighted by Crippen LogP contribution is 2.03. The van der Waals surface area contributed by atoms with Gasteiger partial charge in [-0.2, -0.15) is 0 Å². The van der Waals surface area contributed by atoms with Crippen LogP contribution in [0.15, 0.2) is 37.8 Å². The smallest absolute Gasteiger partial charge is 0.121 e. The normalized spacial score (nSPS) is 19.8. The Morgan fingerprint density at radius 1 is 1.45 bits per heavy atom. The van der Waals surface area contributed by atoms with Gasteiger partial charge in [-0.25, -0.2) is 0 Å². The molecule has 0 aliphatic carbocycles.